The molecule has 0 bridgehead atoms. The highest BCUT2D eigenvalue weighted by atomic mass is 79.9. The zero-order valence-corrected chi connectivity index (χ0v) is 13.6. The minimum Gasteiger partial charge on any atom is -0.296 e. The van der Waals surface area contributed by atoms with Crippen LogP contribution in [0.25, 0.3) is 0 Å². The lowest BCUT2D eigenvalue weighted by molar-refractivity contribution is 0.0932. The molecule has 0 unspecified atom stereocenters. The summed E-state index contributed by atoms with van der Waals surface area (Å²) in [6, 6.07) is 3.86. The fraction of sp³-hybridized carbons (Fsp3) is 0.643. The number of Topliss-reactive ketones (excluding diaryl/α,β-unsaturated/α-hetero) is 1. The van der Waals surface area contributed by atoms with E-state index in [1.165, 1.54) is 37.0 Å². The van der Waals surface area contributed by atoms with Gasteiger partial charge in [-0.15, -0.1) is 11.3 Å². The number of nitrogens with zero attached hydrogens (tertiary/aromatic N) is 1. The average Bonchev–Trinajstić information content (AvgIpc) is 2.79. The van der Waals surface area contributed by atoms with Crippen LogP contribution in [-0.2, 0) is 0 Å². The fourth-order valence-electron chi connectivity index (χ4n) is 1.78. The lowest BCUT2D eigenvalue weighted by atomic mass is 10.2. The molecule has 0 amide bonds. The molecule has 1 aromatic rings. The number of carbonyl (C=O) groups is 1. The van der Waals surface area contributed by atoms with E-state index in [9.17, 15) is 4.79 Å². The molecule has 0 radical (unpaired) electrons. The molecule has 0 saturated carbocycles. The van der Waals surface area contributed by atoms with E-state index in [0.717, 1.165) is 21.8 Å². The molecule has 1 aromatic heterocycles. The zero-order chi connectivity index (χ0) is 13.4. The normalized spacial score (nSPS) is 11.1. The van der Waals surface area contributed by atoms with Crippen LogP contribution in [0.1, 0.15) is 49.2 Å². The van der Waals surface area contributed by atoms with Gasteiger partial charge in [0.1, 0.15) is 0 Å². The highest BCUT2D eigenvalue weighted by molar-refractivity contribution is 9.11. The topological polar surface area (TPSA) is 20.3 Å². The summed E-state index contributed by atoms with van der Waals surface area (Å²) < 4.78 is 1.03. The van der Waals surface area contributed by atoms with Crippen LogP contribution in [0.15, 0.2) is 15.9 Å². The predicted molar refractivity (Wildman–Crippen MR) is 82.6 cm³/mol. The summed E-state index contributed by atoms with van der Waals surface area (Å²) in [5, 5.41) is 0. The summed E-state index contributed by atoms with van der Waals surface area (Å²) in [4.78, 5) is 15.3. The van der Waals surface area contributed by atoms with Crippen LogP contribution in [-0.4, -0.2) is 30.3 Å². The number of thiophene rings is 1. The SMILES string of the molecule is CCCCN(CCCC)CC(=O)c1ccc(Br)s1. The molecular weight excluding hydrogens is 310 g/mol. The van der Waals surface area contributed by atoms with Crippen molar-refractivity contribution in [2.75, 3.05) is 19.6 Å². The first kappa shape index (κ1) is 15.9. The molecule has 1 heterocycles. The molecular formula is C14H22BrNOS. The maximum atomic E-state index is 12.1. The minimum absolute atomic E-state index is 0.248. The molecule has 0 aliphatic rings. The smallest absolute Gasteiger partial charge is 0.186 e. The van der Waals surface area contributed by atoms with Crippen molar-refractivity contribution in [3.05, 3.63) is 20.8 Å². The van der Waals surface area contributed by atoms with Gasteiger partial charge in [0.25, 0.3) is 0 Å². The fourth-order valence-corrected chi connectivity index (χ4v) is 3.09. The second-order valence-electron chi connectivity index (χ2n) is 4.51. The van der Waals surface area contributed by atoms with Gasteiger partial charge in [0.15, 0.2) is 5.78 Å². The molecule has 0 aromatic carbocycles. The van der Waals surface area contributed by atoms with Gasteiger partial charge in [-0.25, -0.2) is 0 Å². The first-order valence-corrected chi connectivity index (χ1v) is 8.29. The van der Waals surface area contributed by atoms with Gasteiger partial charge in [-0.2, -0.15) is 0 Å². The van der Waals surface area contributed by atoms with E-state index >= 15 is 0 Å². The standard InChI is InChI=1S/C14H22BrNOS/c1-3-5-9-16(10-6-4-2)11-12(17)13-7-8-14(15)18-13/h7-8H,3-6,9-11H2,1-2H3. The van der Waals surface area contributed by atoms with Crippen LogP contribution in [0.4, 0.5) is 0 Å². The third kappa shape index (κ3) is 5.63. The molecule has 2 nitrogen and oxygen atoms in total. The van der Waals surface area contributed by atoms with E-state index in [0.29, 0.717) is 6.54 Å². The van der Waals surface area contributed by atoms with Crippen LogP contribution >= 0.6 is 27.3 Å². The Kier molecular flexibility index (Phi) is 7.79. The summed E-state index contributed by atoms with van der Waals surface area (Å²) in [5.41, 5.74) is 0. The van der Waals surface area contributed by atoms with Crippen LogP contribution in [0, 0.1) is 0 Å². The number of unbranched alkanes of at least 4 members (excludes halogenated alkanes) is 2. The van der Waals surface area contributed by atoms with Crippen molar-refractivity contribution in [3.8, 4) is 0 Å². The van der Waals surface area contributed by atoms with Crippen LogP contribution in [0.3, 0.4) is 0 Å². The highest BCUT2D eigenvalue weighted by Crippen LogP contribution is 2.22. The molecule has 4 heteroatoms. The van der Waals surface area contributed by atoms with E-state index in [4.69, 9.17) is 0 Å². The number of carbonyl (C=O) groups excluding carboxylic acids is 1. The summed E-state index contributed by atoms with van der Waals surface area (Å²) in [7, 11) is 0. The average molecular weight is 332 g/mol. The Labute approximate surface area is 123 Å². The third-order valence-corrected chi connectivity index (χ3v) is 4.54. The van der Waals surface area contributed by atoms with Crippen molar-refractivity contribution >= 4 is 33.0 Å². The van der Waals surface area contributed by atoms with Gasteiger partial charge in [0, 0.05) is 0 Å². The molecule has 0 aliphatic heterocycles. The quantitative estimate of drug-likeness (QED) is 0.616. The van der Waals surface area contributed by atoms with Gasteiger partial charge in [-0.3, -0.25) is 9.69 Å². The zero-order valence-electron chi connectivity index (χ0n) is 11.2. The van der Waals surface area contributed by atoms with Gasteiger partial charge in [0.05, 0.1) is 15.2 Å². The van der Waals surface area contributed by atoms with E-state index in [2.05, 4.69) is 34.7 Å². The number of hydrogen-bond acceptors (Lipinski definition) is 3. The van der Waals surface area contributed by atoms with Crippen molar-refractivity contribution in [1.29, 1.82) is 0 Å². The Morgan fingerprint density at radius 2 is 1.83 bits per heavy atom. The number of halogens is 1. The summed E-state index contributed by atoms with van der Waals surface area (Å²) >= 11 is 4.93. The van der Waals surface area contributed by atoms with Gasteiger partial charge in [-0.05, 0) is 54.0 Å². The van der Waals surface area contributed by atoms with Crippen molar-refractivity contribution in [2.24, 2.45) is 0 Å². The summed E-state index contributed by atoms with van der Waals surface area (Å²) in [6.07, 6.45) is 4.71. The monoisotopic (exact) mass is 331 g/mol. The Balaban J connectivity index is 2.50. The van der Waals surface area contributed by atoms with Gasteiger partial charge in [0.2, 0.25) is 0 Å². The van der Waals surface area contributed by atoms with E-state index < -0.39 is 0 Å². The summed E-state index contributed by atoms with van der Waals surface area (Å²) in [5.74, 6) is 0.248. The number of rotatable bonds is 9. The molecule has 1 rings (SSSR count). The summed E-state index contributed by atoms with van der Waals surface area (Å²) in [6.45, 7) is 7.02. The van der Waals surface area contributed by atoms with Crippen LogP contribution < -0.4 is 0 Å². The van der Waals surface area contributed by atoms with Gasteiger partial charge >= 0.3 is 0 Å². The Hall–Kier alpha value is -0.190. The van der Waals surface area contributed by atoms with Crippen molar-refractivity contribution in [1.82, 2.24) is 4.90 Å². The molecule has 0 fully saturated rings. The Morgan fingerprint density at radius 1 is 1.22 bits per heavy atom. The first-order valence-electron chi connectivity index (χ1n) is 6.68. The third-order valence-electron chi connectivity index (χ3n) is 2.87. The maximum Gasteiger partial charge on any atom is 0.186 e. The van der Waals surface area contributed by atoms with E-state index in [-0.39, 0.29) is 5.78 Å². The lowest BCUT2D eigenvalue weighted by Gasteiger charge is -2.20. The Morgan fingerprint density at radius 3 is 2.28 bits per heavy atom. The molecule has 0 spiro atoms. The van der Waals surface area contributed by atoms with Gasteiger partial charge in [-0.1, -0.05) is 26.7 Å². The van der Waals surface area contributed by atoms with Crippen LogP contribution in [0.2, 0.25) is 0 Å². The number of hydrogen-bond donors (Lipinski definition) is 0. The second kappa shape index (κ2) is 8.83. The van der Waals surface area contributed by atoms with Crippen molar-refractivity contribution in [2.45, 2.75) is 39.5 Å². The molecule has 102 valence electrons. The van der Waals surface area contributed by atoms with Crippen LogP contribution in [0.5, 0.6) is 0 Å². The Bertz CT molecular complexity index is 356. The lowest BCUT2D eigenvalue weighted by Crippen LogP contribution is -2.31. The second-order valence-corrected chi connectivity index (χ2v) is 6.97. The molecule has 18 heavy (non-hydrogen) atoms. The van der Waals surface area contributed by atoms with Crippen molar-refractivity contribution in [3.63, 3.8) is 0 Å². The predicted octanol–water partition coefficient (Wildman–Crippen LogP) is 4.60. The number of ketones is 1. The largest absolute Gasteiger partial charge is 0.296 e. The van der Waals surface area contributed by atoms with E-state index in [1.807, 2.05) is 12.1 Å². The maximum absolute atomic E-state index is 12.1. The van der Waals surface area contributed by atoms with E-state index in [1.54, 1.807) is 0 Å². The van der Waals surface area contributed by atoms with Gasteiger partial charge < -0.3 is 0 Å². The first-order chi connectivity index (χ1) is 8.67. The minimum atomic E-state index is 0.248. The molecule has 0 atom stereocenters. The highest BCUT2D eigenvalue weighted by Gasteiger charge is 2.13. The molecule has 0 aliphatic carbocycles. The van der Waals surface area contributed by atoms with Crippen molar-refractivity contribution < 1.29 is 4.79 Å². The molecule has 0 saturated heterocycles. The molecule has 0 N–H and O–H groups in total.